The molecular weight excluding hydrogens is 220 g/mol. The van der Waals surface area contributed by atoms with Crippen molar-refractivity contribution in [2.75, 3.05) is 7.11 Å². The van der Waals surface area contributed by atoms with E-state index in [-0.39, 0.29) is 12.0 Å². The number of methoxy groups -OCH3 is 1. The van der Waals surface area contributed by atoms with Crippen molar-refractivity contribution in [3.8, 4) is 0 Å². The molecule has 0 spiro atoms. The largest absolute Gasteiger partial charge is 0.381 e. The summed E-state index contributed by atoms with van der Waals surface area (Å²) in [6.45, 7) is 1.97. The smallest absolute Gasteiger partial charge is 0.229 e. The lowest BCUT2D eigenvalue weighted by atomic mass is 9.88. The molecule has 1 fully saturated rings. The standard InChI is InChI=1S/C12H18N2O3/c1-8(16-2)7-11-13-12(17-14-11)9-3-5-10(15)6-4-9/h8-9H,3-7H2,1-2H3. The Labute approximate surface area is 101 Å². The van der Waals surface area contributed by atoms with Gasteiger partial charge in [0, 0.05) is 32.3 Å². The van der Waals surface area contributed by atoms with Gasteiger partial charge >= 0.3 is 0 Å². The molecule has 0 aromatic carbocycles. The molecule has 1 aliphatic carbocycles. The molecule has 2 rings (SSSR count). The van der Waals surface area contributed by atoms with Gasteiger partial charge in [-0.2, -0.15) is 4.98 Å². The maximum Gasteiger partial charge on any atom is 0.229 e. The number of nitrogens with zero attached hydrogens (tertiary/aromatic N) is 2. The molecule has 1 aliphatic rings. The number of ether oxygens (including phenoxy) is 1. The topological polar surface area (TPSA) is 65.2 Å². The lowest BCUT2D eigenvalue weighted by molar-refractivity contribution is -0.120. The number of rotatable bonds is 4. The molecule has 17 heavy (non-hydrogen) atoms. The summed E-state index contributed by atoms with van der Waals surface area (Å²) in [4.78, 5) is 15.5. The van der Waals surface area contributed by atoms with Crippen LogP contribution in [0, 0.1) is 0 Å². The van der Waals surface area contributed by atoms with Gasteiger partial charge in [0.2, 0.25) is 5.89 Å². The van der Waals surface area contributed by atoms with E-state index in [2.05, 4.69) is 10.1 Å². The molecular formula is C12H18N2O3. The first-order valence-electron chi connectivity index (χ1n) is 6.06. The Balaban J connectivity index is 1.95. The van der Waals surface area contributed by atoms with Gasteiger partial charge in [-0.1, -0.05) is 5.16 Å². The number of hydrogen-bond acceptors (Lipinski definition) is 5. The summed E-state index contributed by atoms with van der Waals surface area (Å²) in [6, 6.07) is 0. The highest BCUT2D eigenvalue weighted by Crippen LogP contribution is 2.29. The van der Waals surface area contributed by atoms with Gasteiger partial charge in [0.1, 0.15) is 5.78 Å². The van der Waals surface area contributed by atoms with Crippen LogP contribution in [-0.2, 0) is 16.0 Å². The minimum absolute atomic E-state index is 0.0911. The molecule has 1 atom stereocenters. The molecule has 0 aliphatic heterocycles. The molecule has 1 unspecified atom stereocenters. The summed E-state index contributed by atoms with van der Waals surface area (Å²) < 4.78 is 10.4. The van der Waals surface area contributed by atoms with Crippen molar-refractivity contribution < 1.29 is 14.1 Å². The summed E-state index contributed by atoms with van der Waals surface area (Å²) in [5.74, 6) is 1.96. The molecule has 1 aromatic heterocycles. The van der Waals surface area contributed by atoms with Gasteiger partial charge in [-0.25, -0.2) is 0 Å². The number of ketones is 1. The minimum Gasteiger partial charge on any atom is -0.381 e. The predicted octanol–water partition coefficient (Wildman–Crippen LogP) is 1.87. The second-order valence-electron chi connectivity index (χ2n) is 4.61. The molecule has 5 heteroatoms. The third-order valence-electron chi connectivity index (χ3n) is 3.25. The second kappa shape index (κ2) is 5.40. The minimum atomic E-state index is 0.0911. The van der Waals surface area contributed by atoms with E-state index in [1.807, 2.05) is 6.92 Å². The maximum absolute atomic E-state index is 11.1. The van der Waals surface area contributed by atoms with Crippen LogP contribution >= 0.6 is 0 Å². The van der Waals surface area contributed by atoms with Crippen LogP contribution in [0.25, 0.3) is 0 Å². The lowest BCUT2D eigenvalue weighted by Gasteiger charge is -2.16. The Morgan fingerprint density at radius 3 is 2.82 bits per heavy atom. The van der Waals surface area contributed by atoms with Crippen LogP contribution in [0.3, 0.4) is 0 Å². The Morgan fingerprint density at radius 2 is 2.18 bits per heavy atom. The fourth-order valence-electron chi connectivity index (χ4n) is 2.04. The molecule has 0 N–H and O–H groups in total. The molecule has 0 saturated heterocycles. The number of hydrogen-bond donors (Lipinski definition) is 0. The van der Waals surface area contributed by atoms with E-state index in [1.165, 1.54) is 0 Å². The quantitative estimate of drug-likeness (QED) is 0.801. The number of Topliss-reactive ketones (excluding diaryl/α,β-unsaturated/α-hetero) is 1. The second-order valence-corrected chi connectivity index (χ2v) is 4.61. The van der Waals surface area contributed by atoms with Crippen LogP contribution in [0.5, 0.6) is 0 Å². The Morgan fingerprint density at radius 1 is 1.47 bits per heavy atom. The van der Waals surface area contributed by atoms with E-state index in [1.54, 1.807) is 7.11 Å². The van der Waals surface area contributed by atoms with E-state index in [0.717, 1.165) is 12.8 Å². The van der Waals surface area contributed by atoms with Crippen molar-refractivity contribution in [1.82, 2.24) is 10.1 Å². The molecule has 5 nitrogen and oxygen atoms in total. The van der Waals surface area contributed by atoms with Crippen molar-refractivity contribution in [1.29, 1.82) is 0 Å². The van der Waals surface area contributed by atoms with Crippen LogP contribution < -0.4 is 0 Å². The van der Waals surface area contributed by atoms with E-state index >= 15 is 0 Å². The van der Waals surface area contributed by atoms with E-state index in [4.69, 9.17) is 9.26 Å². The van der Waals surface area contributed by atoms with Crippen LogP contribution in [0.1, 0.15) is 50.2 Å². The van der Waals surface area contributed by atoms with Crippen molar-refractivity contribution in [2.45, 2.75) is 51.0 Å². The van der Waals surface area contributed by atoms with Gasteiger partial charge in [0.25, 0.3) is 0 Å². The highest BCUT2D eigenvalue weighted by atomic mass is 16.5. The number of carbonyl (C=O) groups excluding carboxylic acids is 1. The summed E-state index contributed by atoms with van der Waals surface area (Å²) in [7, 11) is 1.67. The summed E-state index contributed by atoms with van der Waals surface area (Å²) in [5, 5.41) is 3.95. The predicted molar refractivity (Wildman–Crippen MR) is 60.7 cm³/mol. The van der Waals surface area contributed by atoms with Crippen molar-refractivity contribution in [2.24, 2.45) is 0 Å². The molecule has 94 valence electrons. The lowest BCUT2D eigenvalue weighted by Crippen LogP contribution is -2.13. The highest BCUT2D eigenvalue weighted by Gasteiger charge is 2.25. The summed E-state index contributed by atoms with van der Waals surface area (Å²) in [6.07, 6.45) is 3.69. The zero-order chi connectivity index (χ0) is 12.3. The molecule has 1 aromatic rings. The van der Waals surface area contributed by atoms with Crippen molar-refractivity contribution in [3.63, 3.8) is 0 Å². The third-order valence-corrected chi connectivity index (χ3v) is 3.25. The third kappa shape index (κ3) is 3.12. The first kappa shape index (κ1) is 12.2. The monoisotopic (exact) mass is 238 g/mol. The van der Waals surface area contributed by atoms with Gasteiger partial charge in [0.15, 0.2) is 5.82 Å². The molecule has 1 saturated carbocycles. The van der Waals surface area contributed by atoms with Crippen LogP contribution in [0.15, 0.2) is 4.52 Å². The van der Waals surface area contributed by atoms with Gasteiger partial charge in [-0.15, -0.1) is 0 Å². The average Bonchev–Trinajstić information content (AvgIpc) is 2.78. The molecule has 0 radical (unpaired) electrons. The van der Waals surface area contributed by atoms with Crippen LogP contribution in [0.4, 0.5) is 0 Å². The SMILES string of the molecule is COC(C)Cc1noc(C2CCC(=O)CC2)n1. The van der Waals surface area contributed by atoms with E-state index in [9.17, 15) is 4.79 Å². The van der Waals surface area contributed by atoms with Gasteiger partial charge in [-0.05, 0) is 19.8 Å². The fourth-order valence-corrected chi connectivity index (χ4v) is 2.04. The fraction of sp³-hybridized carbons (Fsp3) is 0.750. The van der Waals surface area contributed by atoms with Gasteiger partial charge in [0.05, 0.1) is 6.10 Å². The Bertz CT molecular complexity index is 379. The average molecular weight is 238 g/mol. The van der Waals surface area contributed by atoms with Crippen LogP contribution in [0.2, 0.25) is 0 Å². The maximum atomic E-state index is 11.1. The Kier molecular flexibility index (Phi) is 3.89. The first-order chi connectivity index (χ1) is 8.19. The summed E-state index contributed by atoms with van der Waals surface area (Å²) in [5.41, 5.74) is 0. The van der Waals surface area contributed by atoms with Crippen LogP contribution in [-0.4, -0.2) is 29.1 Å². The normalized spacial score (nSPS) is 19.5. The highest BCUT2D eigenvalue weighted by molar-refractivity contribution is 5.79. The first-order valence-corrected chi connectivity index (χ1v) is 6.06. The number of aromatic nitrogens is 2. The van der Waals surface area contributed by atoms with Gasteiger partial charge < -0.3 is 9.26 Å². The Hall–Kier alpha value is -1.23. The molecule has 1 heterocycles. The van der Waals surface area contributed by atoms with Crippen molar-refractivity contribution in [3.05, 3.63) is 11.7 Å². The molecule has 0 bridgehead atoms. The zero-order valence-electron chi connectivity index (χ0n) is 10.3. The molecule has 0 amide bonds. The van der Waals surface area contributed by atoms with E-state index in [0.29, 0.717) is 36.8 Å². The zero-order valence-corrected chi connectivity index (χ0v) is 10.3. The number of carbonyl (C=O) groups is 1. The van der Waals surface area contributed by atoms with Crippen molar-refractivity contribution >= 4 is 5.78 Å². The van der Waals surface area contributed by atoms with E-state index < -0.39 is 0 Å². The summed E-state index contributed by atoms with van der Waals surface area (Å²) >= 11 is 0. The van der Waals surface area contributed by atoms with Gasteiger partial charge in [-0.3, -0.25) is 4.79 Å².